The molecule has 0 unspecified atom stereocenters. The Morgan fingerprint density at radius 2 is 1.58 bits per heavy atom. The lowest BCUT2D eigenvalue weighted by Crippen LogP contribution is -2.47. The van der Waals surface area contributed by atoms with Gasteiger partial charge in [0.15, 0.2) is 0 Å². The molecule has 0 radical (unpaired) electrons. The molecule has 0 amide bonds. The van der Waals surface area contributed by atoms with Crippen LogP contribution in [0, 0.1) is 11.8 Å². The van der Waals surface area contributed by atoms with E-state index in [1.54, 1.807) is 0 Å². The van der Waals surface area contributed by atoms with Crippen LogP contribution in [-0.4, -0.2) is 48.3 Å². The quantitative estimate of drug-likeness (QED) is 0.803. The predicted octanol–water partition coefficient (Wildman–Crippen LogP) is 2.25. The van der Waals surface area contributed by atoms with Crippen LogP contribution in [0.3, 0.4) is 0 Å². The minimum Gasteiger partial charge on any atom is -0.396 e. The number of aliphatic hydroxyl groups is 1. The van der Waals surface area contributed by atoms with Gasteiger partial charge in [-0.05, 0) is 63.5 Å². The third kappa shape index (κ3) is 5.05. The standard InChI is InChI=1S/C16H32N2O/c1-13(2)11-18-9-7-16(8-10-18)17-15-5-3-14(12-19)4-6-15/h13-17,19H,3-12H2,1-2H3. The van der Waals surface area contributed by atoms with Gasteiger partial charge < -0.3 is 15.3 Å². The maximum absolute atomic E-state index is 9.17. The topological polar surface area (TPSA) is 35.5 Å². The monoisotopic (exact) mass is 268 g/mol. The highest BCUT2D eigenvalue weighted by Crippen LogP contribution is 2.25. The molecule has 112 valence electrons. The summed E-state index contributed by atoms with van der Waals surface area (Å²) in [4.78, 5) is 2.62. The van der Waals surface area contributed by atoms with Crippen molar-refractivity contribution in [3.8, 4) is 0 Å². The summed E-state index contributed by atoms with van der Waals surface area (Å²) in [6.45, 7) is 8.80. The molecule has 0 aromatic rings. The summed E-state index contributed by atoms with van der Waals surface area (Å²) >= 11 is 0. The smallest absolute Gasteiger partial charge is 0.0459 e. The normalized spacial score (nSPS) is 30.9. The largest absolute Gasteiger partial charge is 0.396 e. The van der Waals surface area contributed by atoms with E-state index in [4.69, 9.17) is 0 Å². The van der Waals surface area contributed by atoms with Crippen molar-refractivity contribution in [2.45, 2.75) is 64.5 Å². The molecule has 2 N–H and O–H groups in total. The van der Waals surface area contributed by atoms with Gasteiger partial charge in [-0.3, -0.25) is 0 Å². The highest BCUT2D eigenvalue weighted by atomic mass is 16.3. The summed E-state index contributed by atoms with van der Waals surface area (Å²) in [5.74, 6) is 1.37. The van der Waals surface area contributed by atoms with E-state index in [0.717, 1.165) is 12.0 Å². The Bertz CT molecular complexity index is 241. The van der Waals surface area contributed by atoms with Crippen LogP contribution in [0.15, 0.2) is 0 Å². The first-order valence-electron chi connectivity index (χ1n) is 8.26. The van der Waals surface area contributed by atoms with Gasteiger partial charge in [0, 0.05) is 25.2 Å². The number of hydrogen-bond acceptors (Lipinski definition) is 3. The molecule has 2 rings (SSSR count). The van der Waals surface area contributed by atoms with Crippen molar-refractivity contribution in [1.82, 2.24) is 10.2 Å². The van der Waals surface area contributed by atoms with E-state index in [-0.39, 0.29) is 0 Å². The zero-order valence-corrected chi connectivity index (χ0v) is 12.8. The van der Waals surface area contributed by atoms with Gasteiger partial charge in [-0.1, -0.05) is 13.8 Å². The third-order valence-electron chi connectivity index (χ3n) is 4.79. The van der Waals surface area contributed by atoms with Crippen LogP contribution in [0.1, 0.15) is 52.4 Å². The van der Waals surface area contributed by atoms with Gasteiger partial charge >= 0.3 is 0 Å². The summed E-state index contributed by atoms with van der Waals surface area (Å²) in [5.41, 5.74) is 0. The first-order valence-corrected chi connectivity index (χ1v) is 8.26. The number of nitrogens with zero attached hydrogens (tertiary/aromatic N) is 1. The van der Waals surface area contributed by atoms with Crippen molar-refractivity contribution in [3.63, 3.8) is 0 Å². The highest BCUT2D eigenvalue weighted by molar-refractivity contribution is 4.84. The molecule has 1 saturated heterocycles. The fourth-order valence-corrected chi connectivity index (χ4v) is 3.64. The number of likely N-dealkylation sites (tertiary alicyclic amines) is 1. The molecule has 0 atom stereocenters. The van der Waals surface area contributed by atoms with Crippen LogP contribution < -0.4 is 5.32 Å². The number of aliphatic hydroxyl groups excluding tert-OH is 1. The predicted molar refractivity (Wildman–Crippen MR) is 80.3 cm³/mol. The zero-order valence-electron chi connectivity index (χ0n) is 12.8. The highest BCUT2D eigenvalue weighted by Gasteiger charge is 2.25. The Labute approximate surface area is 118 Å². The van der Waals surface area contributed by atoms with Crippen LogP contribution in [0.5, 0.6) is 0 Å². The molecule has 0 aromatic carbocycles. The molecule has 0 aromatic heterocycles. The lowest BCUT2D eigenvalue weighted by Gasteiger charge is -2.37. The molecule has 1 aliphatic heterocycles. The Morgan fingerprint density at radius 3 is 2.11 bits per heavy atom. The van der Waals surface area contributed by atoms with Gasteiger partial charge in [-0.2, -0.15) is 0 Å². The minimum atomic E-state index is 0.389. The van der Waals surface area contributed by atoms with Gasteiger partial charge in [0.25, 0.3) is 0 Å². The van der Waals surface area contributed by atoms with Crippen molar-refractivity contribution in [2.75, 3.05) is 26.2 Å². The molecule has 3 heteroatoms. The lowest BCUT2D eigenvalue weighted by molar-refractivity contribution is 0.149. The summed E-state index contributed by atoms with van der Waals surface area (Å²) in [5, 5.41) is 13.0. The van der Waals surface area contributed by atoms with E-state index in [2.05, 4.69) is 24.1 Å². The molecule has 0 bridgehead atoms. The Morgan fingerprint density at radius 1 is 1.00 bits per heavy atom. The van der Waals surface area contributed by atoms with Crippen molar-refractivity contribution in [3.05, 3.63) is 0 Å². The molecule has 19 heavy (non-hydrogen) atoms. The van der Waals surface area contributed by atoms with Crippen LogP contribution in [0.25, 0.3) is 0 Å². The van der Waals surface area contributed by atoms with Gasteiger partial charge in [-0.25, -0.2) is 0 Å². The van der Waals surface area contributed by atoms with E-state index in [9.17, 15) is 5.11 Å². The second-order valence-electron chi connectivity index (χ2n) is 7.04. The van der Waals surface area contributed by atoms with Gasteiger partial charge in [0.05, 0.1) is 0 Å². The SMILES string of the molecule is CC(C)CN1CCC(NC2CCC(CO)CC2)CC1. The summed E-state index contributed by atoms with van der Waals surface area (Å²) in [6, 6.07) is 1.45. The minimum absolute atomic E-state index is 0.389. The van der Waals surface area contributed by atoms with Gasteiger partial charge in [0.2, 0.25) is 0 Å². The second-order valence-corrected chi connectivity index (χ2v) is 7.04. The molecular formula is C16H32N2O. The Balaban J connectivity index is 1.63. The molecular weight excluding hydrogens is 236 g/mol. The summed E-state index contributed by atoms with van der Waals surface area (Å²) in [6.07, 6.45) is 7.56. The fraction of sp³-hybridized carbons (Fsp3) is 1.00. The van der Waals surface area contributed by atoms with Crippen LogP contribution in [0.4, 0.5) is 0 Å². The lowest BCUT2D eigenvalue weighted by atomic mass is 9.86. The average molecular weight is 268 g/mol. The van der Waals surface area contributed by atoms with Crippen LogP contribution >= 0.6 is 0 Å². The van der Waals surface area contributed by atoms with Crippen molar-refractivity contribution < 1.29 is 5.11 Å². The maximum Gasteiger partial charge on any atom is 0.0459 e. The van der Waals surface area contributed by atoms with Gasteiger partial charge in [-0.15, -0.1) is 0 Å². The molecule has 0 spiro atoms. The van der Waals surface area contributed by atoms with E-state index in [0.29, 0.717) is 18.6 Å². The number of nitrogens with one attached hydrogen (secondary N) is 1. The number of piperidine rings is 1. The number of hydrogen-bond donors (Lipinski definition) is 2. The van der Waals surface area contributed by atoms with Crippen molar-refractivity contribution in [1.29, 1.82) is 0 Å². The first kappa shape index (κ1) is 15.3. The Kier molecular flexibility index (Phi) is 6.11. The molecule has 2 aliphatic rings. The summed E-state index contributed by atoms with van der Waals surface area (Å²) in [7, 11) is 0. The van der Waals surface area contributed by atoms with Crippen molar-refractivity contribution >= 4 is 0 Å². The summed E-state index contributed by atoms with van der Waals surface area (Å²) < 4.78 is 0. The van der Waals surface area contributed by atoms with Crippen LogP contribution in [-0.2, 0) is 0 Å². The molecule has 1 heterocycles. The van der Waals surface area contributed by atoms with E-state index < -0.39 is 0 Å². The molecule has 1 aliphatic carbocycles. The maximum atomic E-state index is 9.17. The van der Waals surface area contributed by atoms with E-state index in [1.807, 2.05) is 0 Å². The Hall–Kier alpha value is -0.120. The third-order valence-corrected chi connectivity index (χ3v) is 4.79. The van der Waals surface area contributed by atoms with Crippen LogP contribution in [0.2, 0.25) is 0 Å². The van der Waals surface area contributed by atoms with Gasteiger partial charge in [0.1, 0.15) is 0 Å². The molecule has 2 fully saturated rings. The first-order chi connectivity index (χ1) is 9.17. The van der Waals surface area contributed by atoms with E-state index in [1.165, 1.54) is 58.2 Å². The van der Waals surface area contributed by atoms with E-state index >= 15 is 0 Å². The number of rotatable bonds is 5. The zero-order chi connectivity index (χ0) is 13.7. The second kappa shape index (κ2) is 7.61. The van der Waals surface area contributed by atoms with Crippen molar-refractivity contribution in [2.24, 2.45) is 11.8 Å². The average Bonchev–Trinajstić information content (AvgIpc) is 2.41. The molecule has 1 saturated carbocycles. The molecule has 3 nitrogen and oxygen atoms in total. The fourth-order valence-electron chi connectivity index (χ4n) is 3.64.